The third-order valence-electron chi connectivity index (χ3n) is 1.69. The Bertz CT molecular complexity index is 594. The van der Waals surface area contributed by atoms with Gasteiger partial charge in [0.25, 0.3) is 5.24 Å². The fourth-order valence-electron chi connectivity index (χ4n) is 1.00. The topological polar surface area (TPSA) is 137 Å². The van der Waals surface area contributed by atoms with E-state index >= 15 is 0 Å². The number of nitro groups is 1. The van der Waals surface area contributed by atoms with Crippen LogP contribution in [0.4, 0.5) is 10.7 Å². The van der Waals surface area contributed by atoms with E-state index < -0.39 is 10.2 Å². The minimum absolute atomic E-state index is 0.221. The molecule has 11 heteroatoms. The van der Waals surface area contributed by atoms with Gasteiger partial charge in [-0.25, -0.2) is 5.84 Å². The van der Waals surface area contributed by atoms with Crippen LogP contribution < -0.4 is 11.3 Å². The quantitative estimate of drug-likeness (QED) is 0.284. The van der Waals surface area contributed by atoms with Crippen molar-refractivity contribution in [3.8, 4) is 10.8 Å². The summed E-state index contributed by atoms with van der Waals surface area (Å²) in [5.74, 6) is 4.76. The summed E-state index contributed by atoms with van der Waals surface area (Å²) in [6.07, 6.45) is 0. The average Bonchev–Trinajstić information content (AvgIpc) is 2.96. The molecular formula is C7H5N5O4S2. The molecule has 2 aromatic heterocycles. The molecule has 0 radical (unpaired) electrons. The maximum Gasteiger partial charge on any atom is 0.433 e. The van der Waals surface area contributed by atoms with Crippen LogP contribution in [0, 0.1) is 10.1 Å². The van der Waals surface area contributed by atoms with Gasteiger partial charge in [-0.1, -0.05) is 11.3 Å². The first-order valence-electron chi connectivity index (χ1n) is 4.36. The number of nitrogens with one attached hydrogen (secondary N) is 1. The van der Waals surface area contributed by atoms with Crippen molar-refractivity contribution < 1.29 is 14.1 Å². The van der Waals surface area contributed by atoms with Crippen LogP contribution >= 0.6 is 23.1 Å². The second-order valence-electron chi connectivity index (χ2n) is 2.80. The highest BCUT2D eigenvalue weighted by molar-refractivity contribution is 8.14. The number of carbonyl (C=O) groups is 1. The molecule has 0 saturated heterocycles. The van der Waals surface area contributed by atoms with Gasteiger partial charge in [-0.3, -0.25) is 20.3 Å². The van der Waals surface area contributed by atoms with Crippen LogP contribution in [0.25, 0.3) is 10.8 Å². The van der Waals surface area contributed by atoms with E-state index in [-0.39, 0.29) is 11.6 Å². The van der Waals surface area contributed by atoms with Crippen LogP contribution in [0.2, 0.25) is 0 Å². The molecule has 9 nitrogen and oxygen atoms in total. The third-order valence-corrected chi connectivity index (χ3v) is 3.48. The Morgan fingerprint density at radius 3 is 2.94 bits per heavy atom. The zero-order valence-corrected chi connectivity index (χ0v) is 10.2. The van der Waals surface area contributed by atoms with Crippen LogP contribution in [0.15, 0.2) is 20.9 Å². The fraction of sp³-hybridized carbons (Fsp3) is 0. The molecule has 0 atom stereocenters. The van der Waals surface area contributed by atoms with E-state index in [2.05, 4.69) is 10.2 Å². The zero-order chi connectivity index (χ0) is 13.1. The van der Waals surface area contributed by atoms with Crippen molar-refractivity contribution in [3.05, 3.63) is 22.2 Å². The standard InChI is InChI=1S/C7H5N5O4S2/c8-9-6(13)18-7-11-10-5(17-7)3-1-2-4(16-3)12(14)15/h1-2H,8H2,(H,9,13). The van der Waals surface area contributed by atoms with Gasteiger partial charge < -0.3 is 4.42 Å². The summed E-state index contributed by atoms with van der Waals surface area (Å²) in [6, 6.07) is 2.63. The number of rotatable bonds is 3. The molecule has 2 rings (SSSR count). The first kappa shape index (κ1) is 12.5. The molecule has 2 aromatic rings. The number of hydrogen-bond acceptors (Lipinski definition) is 9. The lowest BCUT2D eigenvalue weighted by Crippen LogP contribution is -2.25. The number of aromatic nitrogens is 2. The van der Waals surface area contributed by atoms with Gasteiger partial charge in [0.05, 0.1) is 6.07 Å². The molecule has 0 spiro atoms. The second kappa shape index (κ2) is 5.12. The second-order valence-corrected chi connectivity index (χ2v) is 5.00. The van der Waals surface area contributed by atoms with Crippen LogP contribution in [-0.4, -0.2) is 20.4 Å². The van der Waals surface area contributed by atoms with Crippen LogP contribution in [0.3, 0.4) is 0 Å². The molecular weight excluding hydrogens is 282 g/mol. The van der Waals surface area contributed by atoms with Crippen molar-refractivity contribution in [1.82, 2.24) is 15.6 Å². The Morgan fingerprint density at radius 1 is 1.56 bits per heavy atom. The smallest absolute Gasteiger partial charge is 0.398 e. The molecule has 94 valence electrons. The van der Waals surface area contributed by atoms with Crippen molar-refractivity contribution in [2.45, 2.75) is 4.34 Å². The lowest BCUT2D eigenvalue weighted by Gasteiger charge is -1.91. The summed E-state index contributed by atoms with van der Waals surface area (Å²) < 4.78 is 5.30. The highest BCUT2D eigenvalue weighted by Crippen LogP contribution is 2.32. The maximum atomic E-state index is 11.0. The molecule has 2 heterocycles. The molecule has 0 unspecified atom stereocenters. The van der Waals surface area contributed by atoms with Gasteiger partial charge in [0.15, 0.2) is 15.1 Å². The number of nitrogens with zero attached hydrogens (tertiary/aromatic N) is 3. The van der Waals surface area contributed by atoms with Gasteiger partial charge in [0.2, 0.25) is 0 Å². The molecule has 3 N–H and O–H groups in total. The van der Waals surface area contributed by atoms with Gasteiger partial charge >= 0.3 is 5.88 Å². The number of thioether (sulfide) groups is 1. The van der Waals surface area contributed by atoms with Crippen molar-refractivity contribution in [2.24, 2.45) is 5.84 Å². The van der Waals surface area contributed by atoms with E-state index in [0.717, 1.165) is 23.1 Å². The molecule has 1 amide bonds. The normalized spacial score (nSPS) is 10.3. The Labute approximate surface area is 107 Å². The van der Waals surface area contributed by atoms with Gasteiger partial charge in [-0.15, -0.1) is 10.2 Å². The lowest BCUT2D eigenvalue weighted by atomic mass is 10.5. The van der Waals surface area contributed by atoms with Crippen molar-refractivity contribution in [3.63, 3.8) is 0 Å². The fourth-order valence-corrected chi connectivity index (χ4v) is 2.47. The van der Waals surface area contributed by atoms with Crippen molar-refractivity contribution in [2.75, 3.05) is 0 Å². The average molecular weight is 287 g/mol. The van der Waals surface area contributed by atoms with Crippen LogP contribution in [-0.2, 0) is 0 Å². The van der Waals surface area contributed by atoms with E-state index in [1.54, 1.807) is 0 Å². The van der Waals surface area contributed by atoms with E-state index in [0.29, 0.717) is 9.35 Å². The Morgan fingerprint density at radius 2 is 2.33 bits per heavy atom. The number of hydrogen-bond donors (Lipinski definition) is 2. The number of amides is 1. The summed E-state index contributed by atoms with van der Waals surface area (Å²) in [5.41, 5.74) is 1.93. The van der Waals surface area contributed by atoms with E-state index in [1.807, 2.05) is 5.43 Å². The predicted molar refractivity (Wildman–Crippen MR) is 62.8 cm³/mol. The number of hydrazine groups is 1. The van der Waals surface area contributed by atoms with Crippen molar-refractivity contribution >= 4 is 34.2 Å². The molecule has 0 bridgehead atoms. The summed E-state index contributed by atoms with van der Waals surface area (Å²) in [7, 11) is 0. The molecule has 0 fully saturated rings. The monoisotopic (exact) mass is 287 g/mol. The Balaban J connectivity index is 2.18. The van der Waals surface area contributed by atoms with Gasteiger partial charge in [-0.05, 0) is 6.07 Å². The Hall–Kier alpha value is -1.98. The molecule has 0 aliphatic rings. The summed E-state index contributed by atoms with van der Waals surface area (Å²) in [6.45, 7) is 0. The minimum atomic E-state index is -0.651. The first-order valence-corrected chi connectivity index (χ1v) is 6.00. The molecule has 18 heavy (non-hydrogen) atoms. The minimum Gasteiger partial charge on any atom is -0.398 e. The molecule has 0 saturated carbocycles. The lowest BCUT2D eigenvalue weighted by molar-refractivity contribution is -0.401. The van der Waals surface area contributed by atoms with E-state index in [9.17, 15) is 14.9 Å². The summed E-state index contributed by atoms with van der Waals surface area (Å²) in [4.78, 5) is 20.8. The number of furan rings is 1. The summed E-state index contributed by atoms with van der Waals surface area (Å²) >= 11 is 1.83. The van der Waals surface area contributed by atoms with E-state index in [1.165, 1.54) is 12.1 Å². The van der Waals surface area contributed by atoms with Crippen LogP contribution in [0.1, 0.15) is 0 Å². The zero-order valence-electron chi connectivity index (χ0n) is 8.52. The maximum absolute atomic E-state index is 11.0. The molecule has 0 aliphatic carbocycles. The van der Waals surface area contributed by atoms with Crippen molar-refractivity contribution in [1.29, 1.82) is 0 Å². The number of carbonyl (C=O) groups excluding carboxylic acids is 1. The van der Waals surface area contributed by atoms with Gasteiger partial charge in [0, 0.05) is 11.8 Å². The Kier molecular flexibility index (Phi) is 3.55. The highest BCUT2D eigenvalue weighted by atomic mass is 32.2. The molecule has 0 aromatic carbocycles. The predicted octanol–water partition coefficient (Wildman–Crippen LogP) is 1.38. The van der Waals surface area contributed by atoms with Gasteiger partial charge in [-0.2, -0.15) is 0 Å². The number of nitrogens with two attached hydrogens (primary N) is 1. The van der Waals surface area contributed by atoms with E-state index in [4.69, 9.17) is 10.3 Å². The summed E-state index contributed by atoms with van der Waals surface area (Å²) in [5, 5.41) is 17.8. The third kappa shape index (κ3) is 2.64. The SMILES string of the molecule is NNC(=O)Sc1nnc(-c2ccc([N+](=O)[O-])o2)s1. The van der Waals surface area contributed by atoms with Crippen LogP contribution in [0.5, 0.6) is 0 Å². The largest absolute Gasteiger partial charge is 0.433 e. The highest BCUT2D eigenvalue weighted by Gasteiger charge is 2.17. The first-order chi connectivity index (χ1) is 8.60. The van der Waals surface area contributed by atoms with Gasteiger partial charge in [0.1, 0.15) is 4.92 Å². The molecule has 0 aliphatic heterocycles.